The van der Waals surface area contributed by atoms with Gasteiger partial charge in [-0.15, -0.1) is 11.6 Å². The van der Waals surface area contributed by atoms with Gasteiger partial charge in [0.15, 0.2) is 0 Å². The van der Waals surface area contributed by atoms with Gasteiger partial charge in [-0.2, -0.15) is 0 Å². The van der Waals surface area contributed by atoms with Crippen molar-refractivity contribution in [2.24, 2.45) is 0 Å². The van der Waals surface area contributed by atoms with Crippen molar-refractivity contribution in [3.8, 4) is 0 Å². The van der Waals surface area contributed by atoms with E-state index in [4.69, 9.17) is 16.3 Å². The first kappa shape index (κ1) is 10.5. The average molecular weight is 183 g/mol. The van der Waals surface area contributed by atoms with Crippen LogP contribution in [0.3, 0.4) is 0 Å². The average Bonchev–Trinajstić information content (AvgIpc) is 2.04. The Hall–Kier alpha value is -0.480. The summed E-state index contributed by atoms with van der Waals surface area (Å²) in [5, 5.41) is 0. The Labute approximate surface area is 70.4 Å². The third-order valence-corrected chi connectivity index (χ3v) is 0.990. The minimum Gasteiger partial charge on any atom is -0.438 e. The lowest BCUT2D eigenvalue weighted by Gasteiger charge is -2.02. The monoisotopic (exact) mass is 182 g/mol. The molecule has 0 aromatic carbocycles. The molecule has 0 saturated carbocycles. The fourth-order valence-corrected chi connectivity index (χ4v) is 0.509. The van der Waals surface area contributed by atoms with Crippen LogP contribution in [-0.2, 0) is 14.2 Å². The number of methoxy groups -OCH3 is 1. The second kappa shape index (κ2) is 7.63. The fourth-order valence-electron chi connectivity index (χ4n) is 0.399. The second-order valence-electron chi connectivity index (χ2n) is 1.60. The molecule has 4 nitrogen and oxygen atoms in total. The lowest BCUT2D eigenvalue weighted by atomic mass is 10.7. The van der Waals surface area contributed by atoms with E-state index < -0.39 is 6.16 Å². The molecule has 0 aliphatic rings. The molecule has 0 rings (SSSR count). The van der Waals surface area contributed by atoms with Gasteiger partial charge in [-0.25, -0.2) is 4.79 Å². The van der Waals surface area contributed by atoms with E-state index in [1.807, 2.05) is 0 Å². The topological polar surface area (TPSA) is 44.8 Å². The molecular formula is C6H11ClO4. The maximum Gasteiger partial charge on any atom is 0.508 e. The van der Waals surface area contributed by atoms with Gasteiger partial charge >= 0.3 is 6.16 Å². The van der Waals surface area contributed by atoms with E-state index in [1.54, 1.807) is 0 Å². The zero-order valence-electron chi connectivity index (χ0n) is 6.34. The zero-order chi connectivity index (χ0) is 8.53. The van der Waals surface area contributed by atoms with Crippen LogP contribution in [0.25, 0.3) is 0 Å². The van der Waals surface area contributed by atoms with E-state index >= 15 is 0 Å². The molecule has 0 atom stereocenters. The lowest BCUT2D eigenvalue weighted by Crippen LogP contribution is -2.10. The highest BCUT2D eigenvalue weighted by Crippen LogP contribution is 1.83. The lowest BCUT2D eigenvalue weighted by molar-refractivity contribution is 0.0409. The summed E-state index contributed by atoms with van der Waals surface area (Å²) in [5.74, 6) is 0.443. The quantitative estimate of drug-likeness (QED) is 0.362. The summed E-state index contributed by atoms with van der Waals surface area (Å²) in [5.41, 5.74) is 0. The summed E-state index contributed by atoms with van der Waals surface area (Å²) < 4.78 is 13.6. The molecule has 0 aromatic rings. The molecule has 0 aliphatic carbocycles. The van der Waals surface area contributed by atoms with E-state index in [9.17, 15) is 4.79 Å². The first-order valence-corrected chi connectivity index (χ1v) is 3.69. The molecule has 0 aliphatic heterocycles. The van der Waals surface area contributed by atoms with Crippen LogP contribution in [0.1, 0.15) is 0 Å². The van der Waals surface area contributed by atoms with Gasteiger partial charge in [0.2, 0.25) is 0 Å². The molecule has 0 unspecified atom stereocenters. The molecule has 0 amide bonds. The normalized spacial score (nSPS) is 9.27. The van der Waals surface area contributed by atoms with Crippen molar-refractivity contribution >= 4 is 17.8 Å². The number of hydrogen-bond acceptors (Lipinski definition) is 4. The maximum absolute atomic E-state index is 10.3. The Kier molecular flexibility index (Phi) is 7.29. The summed E-state index contributed by atoms with van der Waals surface area (Å²) in [6, 6.07) is 0. The second-order valence-corrected chi connectivity index (χ2v) is 1.98. The predicted molar refractivity (Wildman–Crippen MR) is 39.9 cm³/mol. The summed E-state index contributed by atoms with van der Waals surface area (Å²) in [6.45, 7) is 1.01. The predicted octanol–water partition coefficient (Wildman–Crippen LogP) is 1.02. The Morgan fingerprint density at radius 3 is 2.64 bits per heavy atom. The van der Waals surface area contributed by atoms with Crippen LogP contribution in [0.5, 0.6) is 0 Å². The zero-order valence-corrected chi connectivity index (χ0v) is 7.10. The van der Waals surface area contributed by atoms with Gasteiger partial charge in [-0.3, -0.25) is 0 Å². The van der Waals surface area contributed by atoms with Crippen molar-refractivity contribution in [3.63, 3.8) is 0 Å². The van der Waals surface area contributed by atoms with Gasteiger partial charge in [-0.1, -0.05) is 0 Å². The Balaban J connectivity index is 2.95. The van der Waals surface area contributed by atoms with E-state index in [1.165, 1.54) is 7.11 Å². The van der Waals surface area contributed by atoms with E-state index in [0.717, 1.165) is 0 Å². The molecule has 5 heteroatoms. The van der Waals surface area contributed by atoms with Crippen molar-refractivity contribution in [2.75, 3.05) is 32.8 Å². The van der Waals surface area contributed by atoms with Gasteiger partial charge in [-0.05, 0) is 0 Å². The molecule has 66 valence electrons. The van der Waals surface area contributed by atoms with Crippen LogP contribution >= 0.6 is 11.6 Å². The third-order valence-electron chi connectivity index (χ3n) is 0.836. The van der Waals surface area contributed by atoms with Crippen LogP contribution in [0, 0.1) is 0 Å². The van der Waals surface area contributed by atoms with Crippen molar-refractivity contribution in [1.82, 2.24) is 0 Å². The number of carbonyl (C=O) groups excluding carboxylic acids is 1. The molecule has 0 aromatic heterocycles. The summed E-state index contributed by atoms with van der Waals surface area (Å²) >= 11 is 5.31. The van der Waals surface area contributed by atoms with E-state index in [-0.39, 0.29) is 6.61 Å². The molecule has 0 heterocycles. The van der Waals surface area contributed by atoms with Crippen molar-refractivity contribution in [1.29, 1.82) is 0 Å². The highest BCUT2D eigenvalue weighted by molar-refractivity contribution is 6.17. The van der Waals surface area contributed by atoms with Crippen LogP contribution in [-0.4, -0.2) is 39.0 Å². The first-order valence-electron chi connectivity index (χ1n) is 3.15. The number of rotatable bonds is 5. The molecule has 0 fully saturated rings. The Morgan fingerprint density at radius 1 is 1.36 bits per heavy atom. The smallest absolute Gasteiger partial charge is 0.438 e. The molecule has 0 radical (unpaired) electrons. The summed E-state index contributed by atoms with van der Waals surface area (Å²) in [7, 11) is 1.25. The molecule has 0 bridgehead atoms. The van der Waals surface area contributed by atoms with Gasteiger partial charge < -0.3 is 14.2 Å². The number of alkyl halides is 1. The minimum atomic E-state index is -0.695. The largest absolute Gasteiger partial charge is 0.508 e. The number of hydrogen-bond donors (Lipinski definition) is 0. The third kappa shape index (κ3) is 7.42. The van der Waals surface area contributed by atoms with Gasteiger partial charge in [0.1, 0.15) is 6.61 Å². The summed E-state index contributed by atoms with van der Waals surface area (Å²) in [6.07, 6.45) is -0.695. The highest BCUT2D eigenvalue weighted by atomic mass is 35.5. The van der Waals surface area contributed by atoms with E-state index in [0.29, 0.717) is 19.1 Å². The van der Waals surface area contributed by atoms with Gasteiger partial charge in [0.05, 0.1) is 20.3 Å². The molecule has 0 spiro atoms. The van der Waals surface area contributed by atoms with Gasteiger partial charge in [0, 0.05) is 5.88 Å². The molecule has 11 heavy (non-hydrogen) atoms. The van der Waals surface area contributed by atoms with E-state index in [2.05, 4.69) is 9.47 Å². The van der Waals surface area contributed by atoms with Crippen LogP contribution in [0.15, 0.2) is 0 Å². The SMILES string of the molecule is COC(=O)OCCOCCCl. The number of ether oxygens (including phenoxy) is 3. The van der Waals surface area contributed by atoms with Crippen molar-refractivity contribution in [3.05, 3.63) is 0 Å². The van der Waals surface area contributed by atoms with Crippen LogP contribution < -0.4 is 0 Å². The minimum absolute atomic E-state index is 0.198. The first-order chi connectivity index (χ1) is 5.31. The fraction of sp³-hybridized carbons (Fsp3) is 0.833. The van der Waals surface area contributed by atoms with Crippen LogP contribution in [0.2, 0.25) is 0 Å². The molecule has 0 saturated heterocycles. The maximum atomic E-state index is 10.3. The Morgan fingerprint density at radius 2 is 2.09 bits per heavy atom. The molecule has 0 N–H and O–H groups in total. The molecular weight excluding hydrogens is 172 g/mol. The van der Waals surface area contributed by atoms with Crippen LogP contribution in [0.4, 0.5) is 4.79 Å². The number of carbonyl (C=O) groups is 1. The van der Waals surface area contributed by atoms with Crippen molar-refractivity contribution in [2.45, 2.75) is 0 Å². The standard InChI is InChI=1S/C6H11ClO4/c1-9-6(8)11-5-4-10-3-2-7/h2-5H2,1H3. The van der Waals surface area contributed by atoms with Gasteiger partial charge in [0.25, 0.3) is 0 Å². The van der Waals surface area contributed by atoms with Crippen molar-refractivity contribution < 1.29 is 19.0 Å². The highest BCUT2D eigenvalue weighted by Gasteiger charge is 1.97. The Bertz CT molecular complexity index is 107. The summed E-state index contributed by atoms with van der Waals surface area (Å²) in [4.78, 5) is 10.3. The number of halogens is 1.